The highest BCUT2D eigenvalue weighted by molar-refractivity contribution is 5.75. The lowest BCUT2D eigenvalue weighted by Gasteiger charge is -2.35. The zero-order valence-electron chi connectivity index (χ0n) is 16.0. The van der Waals surface area contributed by atoms with Gasteiger partial charge in [0.05, 0.1) is 0 Å². The van der Waals surface area contributed by atoms with Gasteiger partial charge in [0.25, 0.3) is 0 Å². The van der Waals surface area contributed by atoms with E-state index in [1.54, 1.807) is 0 Å². The van der Waals surface area contributed by atoms with Gasteiger partial charge < -0.3 is 24.4 Å². The lowest BCUT2D eigenvalue weighted by atomic mass is 9.94. The molecule has 1 saturated carbocycles. The molecule has 1 aliphatic carbocycles. The van der Waals surface area contributed by atoms with Crippen molar-refractivity contribution >= 4 is 6.03 Å². The van der Waals surface area contributed by atoms with Crippen molar-refractivity contribution in [2.75, 3.05) is 20.0 Å². The van der Waals surface area contributed by atoms with Gasteiger partial charge in [0, 0.05) is 31.8 Å². The number of fused-ring (bicyclic) bond motifs is 1. The molecule has 6 nitrogen and oxygen atoms in total. The molecule has 1 atom stereocenters. The molecule has 0 radical (unpaired) electrons. The number of hydrogen-bond acceptors (Lipinski definition) is 4. The topological polar surface area (TPSA) is 60.0 Å². The highest BCUT2D eigenvalue weighted by Gasteiger charge is 2.28. The van der Waals surface area contributed by atoms with Crippen molar-refractivity contribution in [1.82, 2.24) is 10.2 Å². The van der Waals surface area contributed by atoms with Crippen LogP contribution in [0.25, 0.3) is 0 Å². The normalized spacial score (nSPS) is 22.9. The van der Waals surface area contributed by atoms with Crippen LogP contribution < -0.4 is 14.8 Å². The molecule has 1 saturated heterocycles. The standard InChI is InChI=1S/C21H30N2O4/c24-21(22-17-5-4-11-25-12-10-17)23(18-6-2-1-3-7-18)14-16-8-9-19-20(13-16)27-15-26-19/h8-9,13,17-18H,1-7,10-12,14-15H2,(H,22,24). The molecule has 2 heterocycles. The quantitative estimate of drug-likeness (QED) is 0.870. The van der Waals surface area contributed by atoms with Gasteiger partial charge in [0.2, 0.25) is 6.79 Å². The van der Waals surface area contributed by atoms with Gasteiger partial charge in [-0.2, -0.15) is 0 Å². The summed E-state index contributed by atoms with van der Waals surface area (Å²) in [5.41, 5.74) is 1.09. The van der Waals surface area contributed by atoms with Gasteiger partial charge in [-0.25, -0.2) is 4.79 Å². The molecule has 3 aliphatic rings. The van der Waals surface area contributed by atoms with Gasteiger partial charge in [-0.05, 0) is 49.8 Å². The monoisotopic (exact) mass is 374 g/mol. The molecule has 2 aliphatic heterocycles. The van der Waals surface area contributed by atoms with Gasteiger partial charge in [-0.3, -0.25) is 0 Å². The minimum absolute atomic E-state index is 0.0615. The molecule has 0 bridgehead atoms. The maximum Gasteiger partial charge on any atom is 0.318 e. The fourth-order valence-corrected chi connectivity index (χ4v) is 4.30. The molecule has 148 valence electrons. The zero-order chi connectivity index (χ0) is 18.5. The minimum Gasteiger partial charge on any atom is -0.454 e. The van der Waals surface area contributed by atoms with Crippen molar-refractivity contribution in [3.63, 3.8) is 0 Å². The molecule has 2 fully saturated rings. The number of carbonyl (C=O) groups excluding carboxylic acids is 1. The van der Waals surface area contributed by atoms with Gasteiger partial charge in [-0.1, -0.05) is 25.3 Å². The van der Waals surface area contributed by atoms with Gasteiger partial charge in [0.1, 0.15) is 0 Å². The molecule has 0 aromatic heterocycles. The van der Waals surface area contributed by atoms with E-state index in [4.69, 9.17) is 14.2 Å². The van der Waals surface area contributed by atoms with E-state index in [0.29, 0.717) is 12.6 Å². The first kappa shape index (κ1) is 18.4. The molecule has 2 amide bonds. The van der Waals surface area contributed by atoms with Crippen LogP contribution in [0.4, 0.5) is 4.79 Å². The Morgan fingerprint density at radius 2 is 1.85 bits per heavy atom. The van der Waals surface area contributed by atoms with E-state index in [2.05, 4.69) is 5.32 Å². The lowest BCUT2D eigenvalue weighted by Crippen LogP contribution is -2.49. The van der Waals surface area contributed by atoms with E-state index < -0.39 is 0 Å². The number of ether oxygens (including phenoxy) is 3. The predicted octanol–water partition coefficient (Wildman–Crippen LogP) is 3.83. The summed E-state index contributed by atoms with van der Waals surface area (Å²) in [6, 6.07) is 6.57. The number of nitrogens with zero attached hydrogens (tertiary/aromatic N) is 1. The van der Waals surface area contributed by atoms with Gasteiger partial charge in [-0.15, -0.1) is 0 Å². The summed E-state index contributed by atoms with van der Waals surface area (Å²) >= 11 is 0. The van der Waals surface area contributed by atoms with Crippen LogP contribution in [0.15, 0.2) is 18.2 Å². The summed E-state index contributed by atoms with van der Waals surface area (Å²) in [4.78, 5) is 15.2. The molecular formula is C21H30N2O4. The van der Waals surface area contributed by atoms with E-state index in [1.807, 2.05) is 23.1 Å². The largest absolute Gasteiger partial charge is 0.454 e. The molecule has 1 aromatic carbocycles. The summed E-state index contributed by atoms with van der Waals surface area (Å²) in [7, 11) is 0. The molecule has 1 aromatic rings. The Hall–Kier alpha value is -1.95. The Balaban J connectivity index is 1.46. The Morgan fingerprint density at radius 3 is 2.74 bits per heavy atom. The summed E-state index contributed by atoms with van der Waals surface area (Å²) < 4.78 is 16.4. The van der Waals surface area contributed by atoms with Crippen LogP contribution in [0.5, 0.6) is 11.5 Å². The molecule has 4 rings (SSSR count). The fraction of sp³-hybridized carbons (Fsp3) is 0.667. The number of amides is 2. The Morgan fingerprint density at radius 1 is 1.00 bits per heavy atom. The van der Waals surface area contributed by atoms with E-state index in [0.717, 1.165) is 62.4 Å². The Labute approximate surface area is 161 Å². The van der Waals surface area contributed by atoms with Gasteiger partial charge >= 0.3 is 6.03 Å². The van der Waals surface area contributed by atoms with E-state index >= 15 is 0 Å². The summed E-state index contributed by atoms with van der Waals surface area (Å²) in [6.45, 7) is 2.41. The van der Waals surface area contributed by atoms with Crippen LogP contribution >= 0.6 is 0 Å². The molecule has 1 N–H and O–H groups in total. The first-order valence-corrected chi connectivity index (χ1v) is 10.3. The fourth-order valence-electron chi connectivity index (χ4n) is 4.30. The second-order valence-corrected chi connectivity index (χ2v) is 7.80. The first-order chi connectivity index (χ1) is 13.3. The average molecular weight is 374 g/mol. The molecular weight excluding hydrogens is 344 g/mol. The van der Waals surface area contributed by atoms with Crippen molar-refractivity contribution in [3.05, 3.63) is 23.8 Å². The molecule has 1 unspecified atom stereocenters. The van der Waals surface area contributed by atoms with Gasteiger partial charge in [0.15, 0.2) is 11.5 Å². The van der Waals surface area contributed by atoms with E-state index in [1.165, 1.54) is 19.3 Å². The summed E-state index contributed by atoms with van der Waals surface area (Å²) in [5, 5.41) is 3.28. The lowest BCUT2D eigenvalue weighted by molar-refractivity contribution is 0.138. The Kier molecular flexibility index (Phi) is 6.02. The Bertz CT molecular complexity index is 637. The van der Waals surface area contributed by atoms with Crippen LogP contribution in [0.3, 0.4) is 0 Å². The zero-order valence-corrected chi connectivity index (χ0v) is 16.0. The minimum atomic E-state index is 0.0615. The number of hydrogen-bond donors (Lipinski definition) is 1. The van der Waals surface area contributed by atoms with Crippen LogP contribution in [-0.2, 0) is 11.3 Å². The highest BCUT2D eigenvalue weighted by Crippen LogP contribution is 2.33. The first-order valence-electron chi connectivity index (χ1n) is 10.3. The van der Waals surface area contributed by atoms with Crippen molar-refractivity contribution in [2.45, 2.75) is 70.0 Å². The predicted molar refractivity (Wildman–Crippen MR) is 102 cm³/mol. The third-order valence-electron chi connectivity index (χ3n) is 5.85. The van der Waals surface area contributed by atoms with Crippen LogP contribution in [0.1, 0.15) is 56.9 Å². The van der Waals surface area contributed by atoms with E-state index in [9.17, 15) is 4.79 Å². The summed E-state index contributed by atoms with van der Waals surface area (Å²) in [6.07, 6.45) is 8.76. The highest BCUT2D eigenvalue weighted by atomic mass is 16.7. The van der Waals surface area contributed by atoms with Crippen LogP contribution in [0, 0.1) is 0 Å². The molecule has 0 spiro atoms. The number of benzene rings is 1. The number of urea groups is 1. The third-order valence-corrected chi connectivity index (χ3v) is 5.85. The van der Waals surface area contributed by atoms with Crippen LogP contribution in [0.2, 0.25) is 0 Å². The van der Waals surface area contributed by atoms with Crippen LogP contribution in [-0.4, -0.2) is 43.0 Å². The van der Waals surface area contributed by atoms with Crippen molar-refractivity contribution in [2.24, 2.45) is 0 Å². The third kappa shape index (κ3) is 4.67. The second kappa shape index (κ2) is 8.83. The average Bonchev–Trinajstić information content (AvgIpc) is 3.02. The number of rotatable bonds is 4. The maximum atomic E-state index is 13.2. The van der Waals surface area contributed by atoms with Crippen molar-refractivity contribution < 1.29 is 19.0 Å². The number of nitrogens with one attached hydrogen (secondary N) is 1. The maximum absolute atomic E-state index is 13.2. The summed E-state index contributed by atoms with van der Waals surface area (Å²) in [5.74, 6) is 1.56. The van der Waals surface area contributed by atoms with Crippen molar-refractivity contribution in [3.8, 4) is 11.5 Å². The van der Waals surface area contributed by atoms with Crippen molar-refractivity contribution in [1.29, 1.82) is 0 Å². The SMILES string of the molecule is O=C(NC1CCCOCC1)N(Cc1ccc2c(c1)OCO2)C1CCCCC1. The second-order valence-electron chi connectivity index (χ2n) is 7.80. The van der Waals surface area contributed by atoms with E-state index in [-0.39, 0.29) is 18.9 Å². The smallest absolute Gasteiger partial charge is 0.318 e. The molecule has 6 heteroatoms. The number of carbonyl (C=O) groups is 1. The molecule has 27 heavy (non-hydrogen) atoms.